The number of hydrogen-bond acceptors (Lipinski definition) is 4. The second-order valence-electron chi connectivity index (χ2n) is 4.54. The van der Waals surface area contributed by atoms with Gasteiger partial charge >= 0.3 is 5.97 Å². The SMILES string of the molecule is CCNC(CC)(CCCSc1ccc(Br)cn1)C(=O)O. The number of aromatic nitrogens is 1. The lowest BCUT2D eigenvalue weighted by molar-refractivity contribution is -0.145. The lowest BCUT2D eigenvalue weighted by Crippen LogP contribution is -2.51. The van der Waals surface area contributed by atoms with Crippen LogP contribution in [0.15, 0.2) is 27.8 Å². The van der Waals surface area contributed by atoms with Gasteiger partial charge in [-0.15, -0.1) is 11.8 Å². The Morgan fingerprint density at radius 2 is 2.25 bits per heavy atom. The van der Waals surface area contributed by atoms with E-state index in [1.165, 1.54) is 0 Å². The number of nitrogens with one attached hydrogen (secondary N) is 1. The summed E-state index contributed by atoms with van der Waals surface area (Å²) < 4.78 is 0.963. The zero-order chi connectivity index (χ0) is 15.0. The number of nitrogens with zero attached hydrogens (tertiary/aromatic N) is 1. The lowest BCUT2D eigenvalue weighted by atomic mass is 9.91. The lowest BCUT2D eigenvalue weighted by Gasteiger charge is -2.29. The van der Waals surface area contributed by atoms with E-state index in [-0.39, 0.29) is 0 Å². The van der Waals surface area contributed by atoms with Crippen LogP contribution in [0.2, 0.25) is 0 Å². The van der Waals surface area contributed by atoms with Gasteiger partial charge in [-0.05, 0) is 59.6 Å². The van der Waals surface area contributed by atoms with Gasteiger partial charge in [-0.1, -0.05) is 13.8 Å². The van der Waals surface area contributed by atoms with Gasteiger partial charge in [0, 0.05) is 10.7 Å². The van der Waals surface area contributed by atoms with E-state index in [0.717, 1.165) is 21.7 Å². The van der Waals surface area contributed by atoms with Crippen LogP contribution >= 0.6 is 27.7 Å². The van der Waals surface area contributed by atoms with Gasteiger partial charge in [-0.25, -0.2) is 4.98 Å². The summed E-state index contributed by atoms with van der Waals surface area (Å²) in [7, 11) is 0. The third kappa shape index (κ3) is 5.07. The van der Waals surface area contributed by atoms with Crippen LogP contribution in [-0.4, -0.2) is 33.9 Å². The minimum absolute atomic E-state index is 0.595. The molecule has 112 valence electrons. The number of likely N-dealkylation sites (N-methyl/N-ethyl adjacent to an activating group) is 1. The van der Waals surface area contributed by atoms with Crippen molar-refractivity contribution in [2.75, 3.05) is 12.3 Å². The van der Waals surface area contributed by atoms with Crippen molar-refractivity contribution in [3.63, 3.8) is 0 Å². The van der Waals surface area contributed by atoms with Gasteiger partial charge in [0.1, 0.15) is 5.54 Å². The number of carbonyl (C=O) groups is 1. The highest BCUT2D eigenvalue weighted by Gasteiger charge is 2.34. The number of carboxylic acid groups (broad SMARTS) is 1. The first-order valence-corrected chi connectivity index (χ1v) is 8.54. The molecule has 0 aromatic carbocycles. The van der Waals surface area contributed by atoms with Crippen molar-refractivity contribution in [2.24, 2.45) is 0 Å². The predicted octanol–water partition coefficient (Wildman–Crippen LogP) is 3.56. The molecule has 0 aliphatic rings. The zero-order valence-electron chi connectivity index (χ0n) is 11.9. The molecule has 1 aromatic rings. The molecular formula is C14H21BrN2O2S. The summed E-state index contributed by atoms with van der Waals surface area (Å²) in [5, 5.41) is 13.5. The summed E-state index contributed by atoms with van der Waals surface area (Å²) in [6.07, 6.45) is 3.84. The van der Waals surface area contributed by atoms with Crippen LogP contribution < -0.4 is 5.32 Å². The zero-order valence-corrected chi connectivity index (χ0v) is 14.3. The van der Waals surface area contributed by atoms with E-state index in [1.807, 2.05) is 26.0 Å². The maximum atomic E-state index is 11.5. The highest BCUT2D eigenvalue weighted by Crippen LogP contribution is 2.23. The van der Waals surface area contributed by atoms with Crippen LogP contribution in [0, 0.1) is 0 Å². The molecule has 0 fully saturated rings. The topological polar surface area (TPSA) is 62.2 Å². The Hall–Kier alpha value is -0.590. The quantitative estimate of drug-likeness (QED) is 0.520. The second kappa shape index (κ2) is 8.64. The highest BCUT2D eigenvalue weighted by atomic mass is 79.9. The van der Waals surface area contributed by atoms with Crippen LogP contribution in [0.1, 0.15) is 33.1 Å². The van der Waals surface area contributed by atoms with E-state index < -0.39 is 11.5 Å². The Balaban J connectivity index is 2.44. The highest BCUT2D eigenvalue weighted by molar-refractivity contribution is 9.10. The molecule has 0 spiro atoms. The largest absolute Gasteiger partial charge is 0.480 e. The Morgan fingerprint density at radius 3 is 2.75 bits per heavy atom. The number of aliphatic carboxylic acids is 1. The molecule has 0 amide bonds. The molecule has 1 rings (SSSR count). The Bertz CT molecular complexity index is 428. The van der Waals surface area contributed by atoms with Crippen molar-refractivity contribution in [2.45, 2.75) is 43.7 Å². The molecule has 1 atom stereocenters. The summed E-state index contributed by atoms with van der Waals surface area (Å²) >= 11 is 5.01. The van der Waals surface area contributed by atoms with Gasteiger partial charge in [-0.2, -0.15) is 0 Å². The van der Waals surface area contributed by atoms with Crippen molar-refractivity contribution < 1.29 is 9.90 Å². The molecule has 0 aliphatic carbocycles. The molecular weight excluding hydrogens is 340 g/mol. The molecule has 0 radical (unpaired) electrons. The summed E-state index contributed by atoms with van der Waals surface area (Å²) in [5.74, 6) is 0.114. The molecule has 1 unspecified atom stereocenters. The van der Waals surface area contributed by atoms with Gasteiger partial charge in [0.05, 0.1) is 5.03 Å². The standard InChI is InChI=1S/C14H21BrN2O2S/c1-3-14(13(18)19,17-4-2)8-5-9-20-12-7-6-11(15)10-16-12/h6-7,10,17H,3-5,8-9H2,1-2H3,(H,18,19). The third-order valence-electron chi connectivity index (χ3n) is 3.23. The van der Waals surface area contributed by atoms with E-state index in [4.69, 9.17) is 0 Å². The van der Waals surface area contributed by atoms with Crippen LogP contribution in [0.5, 0.6) is 0 Å². The van der Waals surface area contributed by atoms with E-state index in [0.29, 0.717) is 19.4 Å². The first-order valence-electron chi connectivity index (χ1n) is 6.77. The van der Waals surface area contributed by atoms with E-state index in [2.05, 4.69) is 26.2 Å². The van der Waals surface area contributed by atoms with Gasteiger partial charge in [0.25, 0.3) is 0 Å². The third-order valence-corrected chi connectivity index (χ3v) is 4.73. The minimum Gasteiger partial charge on any atom is -0.480 e. The van der Waals surface area contributed by atoms with Crippen LogP contribution in [0.4, 0.5) is 0 Å². The normalized spacial score (nSPS) is 13.9. The molecule has 20 heavy (non-hydrogen) atoms. The van der Waals surface area contributed by atoms with E-state index >= 15 is 0 Å². The Morgan fingerprint density at radius 1 is 1.50 bits per heavy atom. The van der Waals surface area contributed by atoms with Gasteiger partial charge in [-0.3, -0.25) is 4.79 Å². The van der Waals surface area contributed by atoms with Gasteiger partial charge in [0.2, 0.25) is 0 Å². The average molecular weight is 361 g/mol. The molecule has 2 N–H and O–H groups in total. The Labute approximate surface area is 132 Å². The predicted molar refractivity (Wildman–Crippen MR) is 86.2 cm³/mol. The van der Waals surface area contributed by atoms with Crippen molar-refractivity contribution in [3.8, 4) is 0 Å². The van der Waals surface area contributed by atoms with Crippen LogP contribution in [0.25, 0.3) is 0 Å². The molecule has 0 saturated carbocycles. The van der Waals surface area contributed by atoms with Gasteiger partial charge < -0.3 is 10.4 Å². The maximum absolute atomic E-state index is 11.5. The van der Waals surface area contributed by atoms with Crippen molar-refractivity contribution >= 4 is 33.7 Å². The molecule has 4 nitrogen and oxygen atoms in total. The number of halogens is 1. The first-order chi connectivity index (χ1) is 9.54. The monoisotopic (exact) mass is 360 g/mol. The van der Waals surface area contributed by atoms with Gasteiger partial charge in [0.15, 0.2) is 0 Å². The summed E-state index contributed by atoms with van der Waals surface area (Å²) in [6, 6.07) is 3.92. The van der Waals surface area contributed by atoms with Crippen molar-refractivity contribution in [3.05, 3.63) is 22.8 Å². The minimum atomic E-state index is -0.789. The second-order valence-corrected chi connectivity index (χ2v) is 6.57. The Kier molecular flexibility index (Phi) is 7.55. The van der Waals surface area contributed by atoms with Crippen LogP contribution in [0.3, 0.4) is 0 Å². The number of carboxylic acids is 1. The molecule has 6 heteroatoms. The van der Waals surface area contributed by atoms with Crippen molar-refractivity contribution in [1.82, 2.24) is 10.3 Å². The molecule has 0 aliphatic heterocycles. The summed E-state index contributed by atoms with van der Waals surface area (Å²) in [4.78, 5) is 15.7. The molecule has 0 bridgehead atoms. The maximum Gasteiger partial charge on any atom is 0.323 e. The van der Waals surface area contributed by atoms with Crippen molar-refractivity contribution in [1.29, 1.82) is 0 Å². The molecule has 1 aromatic heterocycles. The molecule has 1 heterocycles. The summed E-state index contributed by atoms with van der Waals surface area (Å²) in [5.41, 5.74) is -0.789. The fourth-order valence-corrected chi connectivity index (χ4v) is 3.08. The fraction of sp³-hybridized carbons (Fsp3) is 0.571. The first kappa shape index (κ1) is 17.5. The number of rotatable bonds is 9. The average Bonchev–Trinajstić information content (AvgIpc) is 2.44. The van der Waals surface area contributed by atoms with Crippen LogP contribution in [-0.2, 0) is 4.79 Å². The van der Waals surface area contributed by atoms with E-state index in [9.17, 15) is 9.90 Å². The molecule has 0 saturated heterocycles. The number of pyridine rings is 1. The smallest absolute Gasteiger partial charge is 0.323 e. The fourth-order valence-electron chi connectivity index (χ4n) is 2.06. The number of hydrogen-bond donors (Lipinski definition) is 2. The number of thioether (sulfide) groups is 1. The summed E-state index contributed by atoms with van der Waals surface area (Å²) in [6.45, 7) is 4.52. The van der Waals surface area contributed by atoms with E-state index in [1.54, 1.807) is 18.0 Å².